The van der Waals surface area contributed by atoms with Crippen molar-refractivity contribution in [3.05, 3.63) is 35.4 Å². The van der Waals surface area contributed by atoms with E-state index < -0.39 is 0 Å². The molecule has 3 rings (SSSR count). The molecule has 0 amide bonds. The van der Waals surface area contributed by atoms with Gasteiger partial charge in [-0.15, -0.1) is 0 Å². The molecule has 0 N–H and O–H groups in total. The molecule has 1 fully saturated rings. The van der Waals surface area contributed by atoms with Crippen LogP contribution >= 0.6 is 0 Å². The minimum absolute atomic E-state index is 0.459. The highest BCUT2D eigenvalue weighted by Gasteiger charge is 2.50. The van der Waals surface area contributed by atoms with Crippen LogP contribution in [0.1, 0.15) is 44.2 Å². The largest absolute Gasteiger partial charge is 0.303 e. The minimum Gasteiger partial charge on any atom is -0.303 e. The van der Waals surface area contributed by atoms with Gasteiger partial charge in [0.25, 0.3) is 0 Å². The average Bonchev–Trinajstić information content (AvgIpc) is 2.42. The van der Waals surface area contributed by atoms with Gasteiger partial charge in [0, 0.05) is 11.5 Å². The van der Waals surface area contributed by atoms with Crippen LogP contribution in [0, 0.1) is 5.92 Å². The molecule has 0 saturated carbocycles. The molecular formula is C17H25N. The second-order valence-corrected chi connectivity index (χ2v) is 6.18. The van der Waals surface area contributed by atoms with Gasteiger partial charge < -0.3 is 4.90 Å². The number of likely N-dealkylation sites (N-methyl/N-ethyl adjacent to an activating group) is 1. The monoisotopic (exact) mass is 243 g/mol. The number of hydrogen-bond donors (Lipinski definition) is 0. The van der Waals surface area contributed by atoms with Crippen molar-refractivity contribution < 1.29 is 0 Å². The number of likely N-dealkylation sites (tertiary alicyclic amines) is 1. The molecule has 1 saturated heterocycles. The number of fused-ring (bicyclic) bond motifs is 4. The summed E-state index contributed by atoms with van der Waals surface area (Å²) < 4.78 is 0. The predicted octanol–water partition coefficient (Wildman–Crippen LogP) is 3.62. The highest BCUT2D eigenvalue weighted by molar-refractivity contribution is 5.40. The van der Waals surface area contributed by atoms with Crippen molar-refractivity contribution in [2.45, 2.75) is 51.0 Å². The summed E-state index contributed by atoms with van der Waals surface area (Å²) in [6.07, 6.45) is 5.21. The molecule has 1 aromatic carbocycles. The van der Waals surface area contributed by atoms with Crippen LogP contribution in [0.5, 0.6) is 0 Å². The van der Waals surface area contributed by atoms with Crippen molar-refractivity contribution in [1.82, 2.24) is 4.90 Å². The normalized spacial score (nSPS) is 35.3. The first kappa shape index (κ1) is 12.2. The molecule has 1 aliphatic heterocycles. The maximum absolute atomic E-state index is 2.61. The van der Waals surface area contributed by atoms with Gasteiger partial charge in [0.2, 0.25) is 0 Å². The Labute approximate surface area is 111 Å². The first-order chi connectivity index (χ1) is 8.73. The van der Waals surface area contributed by atoms with Gasteiger partial charge in [-0.1, -0.05) is 44.5 Å². The van der Waals surface area contributed by atoms with Crippen LogP contribution in [-0.2, 0) is 11.8 Å². The topological polar surface area (TPSA) is 3.24 Å². The lowest BCUT2D eigenvalue weighted by atomic mass is 9.55. The smallest absolute Gasteiger partial charge is 0.0169 e. The highest BCUT2D eigenvalue weighted by Crippen LogP contribution is 2.51. The maximum Gasteiger partial charge on any atom is 0.0169 e. The summed E-state index contributed by atoms with van der Waals surface area (Å²) in [5, 5.41) is 0. The van der Waals surface area contributed by atoms with Gasteiger partial charge in [0.15, 0.2) is 0 Å². The van der Waals surface area contributed by atoms with Crippen LogP contribution in [-0.4, -0.2) is 24.5 Å². The molecule has 0 aromatic heterocycles. The van der Waals surface area contributed by atoms with Gasteiger partial charge in [-0.3, -0.25) is 0 Å². The van der Waals surface area contributed by atoms with E-state index in [0.717, 1.165) is 12.0 Å². The minimum atomic E-state index is 0.459. The molecule has 0 radical (unpaired) electrons. The van der Waals surface area contributed by atoms with E-state index >= 15 is 0 Å². The van der Waals surface area contributed by atoms with E-state index in [9.17, 15) is 0 Å². The number of hydrogen-bond acceptors (Lipinski definition) is 1. The van der Waals surface area contributed by atoms with E-state index in [0.29, 0.717) is 5.41 Å². The molecule has 98 valence electrons. The van der Waals surface area contributed by atoms with Crippen LogP contribution in [0.2, 0.25) is 0 Å². The first-order valence-electron chi connectivity index (χ1n) is 7.51. The Morgan fingerprint density at radius 2 is 2.06 bits per heavy atom. The van der Waals surface area contributed by atoms with E-state index in [-0.39, 0.29) is 0 Å². The fourth-order valence-corrected chi connectivity index (χ4v) is 4.74. The lowest BCUT2D eigenvalue weighted by Gasteiger charge is -2.56. The number of piperidine rings is 1. The van der Waals surface area contributed by atoms with E-state index in [1.165, 1.54) is 32.2 Å². The van der Waals surface area contributed by atoms with Crippen LogP contribution in [0.3, 0.4) is 0 Å². The highest BCUT2D eigenvalue weighted by atomic mass is 15.1. The van der Waals surface area contributed by atoms with Crippen LogP contribution < -0.4 is 0 Å². The predicted molar refractivity (Wildman–Crippen MR) is 76.9 cm³/mol. The third-order valence-electron chi connectivity index (χ3n) is 5.70. The molecule has 1 aromatic rings. The average molecular weight is 243 g/mol. The Morgan fingerprint density at radius 1 is 1.28 bits per heavy atom. The van der Waals surface area contributed by atoms with Crippen molar-refractivity contribution in [2.75, 3.05) is 13.6 Å². The number of benzene rings is 1. The van der Waals surface area contributed by atoms with E-state index in [1.807, 2.05) is 0 Å². The molecule has 1 aliphatic carbocycles. The van der Waals surface area contributed by atoms with Crippen molar-refractivity contribution in [1.29, 1.82) is 0 Å². The van der Waals surface area contributed by atoms with Crippen LogP contribution in [0.4, 0.5) is 0 Å². The zero-order valence-corrected chi connectivity index (χ0v) is 11.9. The Bertz CT molecular complexity index is 439. The zero-order chi connectivity index (χ0) is 12.8. The number of rotatable bonds is 2. The van der Waals surface area contributed by atoms with Gasteiger partial charge in [-0.25, -0.2) is 0 Å². The Morgan fingerprint density at radius 3 is 2.78 bits per heavy atom. The summed E-state index contributed by atoms with van der Waals surface area (Å²) in [7, 11) is 2.32. The Hall–Kier alpha value is -0.820. The van der Waals surface area contributed by atoms with Crippen molar-refractivity contribution >= 4 is 0 Å². The van der Waals surface area contributed by atoms with E-state index in [4.69, 9.17) is 0 Å². The van der Waals surface area contributed by atoms with Gasteiger partial charge in [0.05, 0.1) is 0 Å². The lowest BCUT2D eigenvalue weighted by Crippen LogP contribution is -2.58. The van der Waals surface area contributed by atoms with Gasteiger partial charge in [-0.2, -0.15) is 0 Å². The van der Waals surface area contributed by atoms with Gasteiger partial charge in [0.1, 0.15) is 0 Å². The molecule has 0 spiro atoms. The molecule has 3 atom stereocenters. The second-order valence-electron chi connectivity index (χ2n) is 6.18. The SMILES string of the molecule is CCC1C2Cc3ccccc3C1(CC)CCN2C. The van der Waals surface area contributed by atoms with E-state index in [2.05, 4.69) is 50.1 Å². The molecule has 1 nitrogen and oxygen atoms in total. The summed E-state index contributed by atoms with van der Waals surface area (Å²) in [5.41, 5.74) is 3.74. The molecule has 1 heteroatoms. The Balaban J connectivity index is 2.16. The summed E-state index contributed by atoms with van der Waals surface area (Å²) >= 11 is 0. The summed E-state index contributed by atoms with van der Waals surface area (Å²) in [4.78, 5) is 2.61. The quantitative estimate of drug-likeness (QED) is 0.767. The van der Waals surface area contributed by atoms with Crippen molar-refractivity contribution in [2.24, 2.45) is 5.92 Å². The van der Waals surface area contributed by atoms with E-state index in [1.54, 1.807) is 11.1 Å². The fraction of sp³-hybridized carbons (Fsp3) is 0.647. The summed E-state index contributed by atoms with van der Waals surface area (Å²) in [6.45, 7) is 6.05. The maximum atomic E-state index is 2.61. The zero-order valence-electron chi connectivity index (χ0n) is 11.9. The van der Waals surface area contributed by atoms with Gasteiger partial charge in [-0.05, 0) is 49.9 Å². The standard InChI is InChI=1S/C17H25N/c1-4-14-16-12-13-8-6-7-9-15(13)17(14,5-2)10-11-18(16)3/h6-9,14,16H,4-5,10-12H2,1-3H3. The van der Waals surface area contributed by atoms with Crippen molar-refractivity contribution in [3.8, 4) is 0 Å². The van der Waals surface area contributed by atoms with Gasteiger partial charge >= 0.3 is 0 Å². The molecule has 2 aliphatic rings. The summed E-state index contributed by atoms with van der Waals surface area (Å²) in [5.74, 6) is 0.844. The third kappa shape index (κ3) is 1.50. The molecular weight excluding hydrogens is 218 g/mol. The molecule has 1 heterocycles. The first-order valence-corrected chi connectivity index (χ1v) is 7.51. The second kappa shape index (κ2) is 4.38. The molecule has 2 bridgehead atoms. The lowest BCUT2D eigenvalue weighted by molar-refractivity contribution is 0.0259. The molecule has 3 unspecified atom stereocenters. The summed E-state index contributed by atoms with van der Waals surface area (Å²) in [6, 6.07) is 9.98. The van der Waals surface area contributed by atoms with Crippen LogP contribution in [0.25, 0.3) is 0 Å². The van der Waals surface area contributed by atoms with Crippen molar-refractivity contribution in [3.63, 3.8) is 0 Å². The third-order valence-corrected chi connectivity index (χ3v) is 5.70. The fourth-order valence-electron chi connectivity index (χ4n) is 4.74. The van der Waals surface area contributed by atoms with Crippen LogP contribution in [0.15, 0.2) is 24.3 Å². The number of nitrogens with zero attached hydrogens (tertiary/aromatic N) is 1. The Kier molecular flexibility index (Phi) is 2.97. The molecule has 18 heavy (non-hydrogen) atoms.